The molecular formula is C27H33N3O5S2. The highest BCUT2D eigenvalue weighted by molar-refractivity contribution is 7.89. The number of thiazole rings is 1. The molecule has 0 spiro atoms. The number of amides is 1. The van der Waals surface area contributed by atoms with Crippen LogP contribution in [0.4, 0.5) is 0 Å². The number of hydrogen-bond acceptors (Lipinski definition) is 6. The molecule has 8 nitrogen and oxygen atoms in total. The van der Waals surface area contributed by atoms with Crippen LogP contribution in [0.25, 0.3) is 10.2 Å². The fourth-order valence-electron chi connectivity index (χ4n) is 4.96. The van der Waals surface area contributed by atoms with Crippen molar-refractivity contribution in [2.45, 2.75) is 52.5 Å². The number of carbonyl (C=O) groups is 2. The molecule has 198 valence electrons. The van der Waals surface area contributed by atoms with Crippen LogP contribution in [0.2, 0.25) is 0 Å². The van der Waals surface area contributed by atoms with Crippen molar-refractivity contribution < 1.29 is 22.7 Å². The molecule has 0 aliphatic carbocycles. The summed E-state index contributed by atoms with van der Waals surface area (Å²) in [7, 11) is -3.64. The fourth-order valence-corrected chi connectivity index (χ4v) is 7.72. The first-order valence-electron chi connectivity index (χ1n) is 12.4. The number of esters is 1. The summed E-state index contributed by atoms with van der Waals surface area (Å²) >= 11 is 1.33. The quantitative estimate of drug-likeness (QED) is 0.432. The fraction of sp³-hybridized carbons (Fsp3) is 0.444. The van der Waals surface area contributed by atoms with E-state index in [0.717, 1.165) is 27.8 Å². The van der Waals surface area contributed by atoms with Gasteiger partial charge in [0.1, 0.15) is 6.54 Å². The second kappa shape index (κ2) is 10.9. The van der Waals surface area contributed by atoms with Gasteiger partial charge in [0.25, 0.3) is 5.91 Å². The van der Waals surface area contributed by atoms with E-state index in [1.165, 1.54) is 39.9 Å². The molecule has 10 heteroatoms. The zero-order chi connectivity index (χ0) is 26.9. The third kappa shape index (κ3) is 5.86. The summed E-state index contributed by atoms with van der Waals surface area (Å²) < 4.78 is 35.7. The van der Waals surface area contributed by atoms with Crippen molar-refractivity contribution in [1.29, 1.82) is 0 Å². The van der Waals surface area contributed by atoms with Crippen LogP contribution < -0.4 is 4.80 Å². The maximum Gasteiger partial charge on any atom is 0.326 e. The second-order valence-corrected chi connectivity index (χ2v) is 12.8. The molecule has 1 amide bonds. The Morgan fingerprint density at radius 2 is 1.73 bits per heavy atom. The molecule has 1 aliphatic heterocycles. The number of carbonyl (C=O) groups excluding carboxylic acids is 2. The lowest BCUT2D eigenvalue weighted by Gasteiger charge is -2.34. The average molecular weight is 544 g/mol. The number of hydrogen-bond donors (Lipinski definition) is 0. The van der Waals surface area contributed by atoms with Crippen molar-refractivity contribution in [3.63, 3.8) is 0 Å². The van der Waals surface area contributed by atoms with Crippen LogP contribution in [-0.4, -0.2) is 48.9 Å². The molecule has 4 rings (SSSR count). The number of benzene rings is 2. The van der Waals surface area contributed by atoms with E-state index < -0.39 is 21.9 Å². The highest BCUT2D eigenvalue weighted by Gasteiger charge is 2.31. The molecule has 2 heterocycles. The Morgan fingerprint density at radius 3 is 2.35 bits per heavy atom. The van der Waals surface area contributed by atoms with Gasteiger partial charge in [0.15, 0.2) is 4.80 Å². The Bertz CT molecular complexity index is 1490. The van der Waals surface area contributed by atoms with Gasteiger partial charge in [-0.1, -0.05) is 31.3 Å². The summed E-state index contributed by atoms with van der Waals surface area (Å²) in [4.78, 5) is 30.3. The Labute approximate surface area is 221 Å². The molecule has 0 N–H and O–H groups in total. The monoisotopic (exact) mass is 543 g/mol. The van der Waals surface area contributed by atoms with E-state index in [1.807, 2.05) is 26.0 Å². The van der Waals surface area contributed by atoms with E-state index in [-0.39, 0.29) is 23.6 Å². The van der Waals surface area contributed by atoms with Gasteiger partial charge in [-0.15, -0.1) is 0 Å². The van der Waals surface area contributed by atoms with Crippen molar-refractivity contribution in [3.8, 4) is 0 Å². The Hall–Kier alpha value is -2.82. The SMILES string of the molecule is CCOC(=O)Cn1c(=NC(=O)c2ccc(S(=O)(=O)N3CC(C)CC(C)C3)cc2)sc2c(C)cc(C)cc21. The van der Waals surface area contributed by atoms with Gasteiger partial charge in [0.2, 0.25) is 10.0 Å². The first-order chi connectivity index (χ1) is 17.5. The van der Waals surface area contributed by atoms with Crippen LogP contribution in [-0.2, 0) is 26.1 Å². The Balaban J connectivity index is 1.67. The van der Waals surface area contributed by atoms with Crippen LogP contribution in [0.1, 0.15) is 48.7 Å². The highest BCUT2D eigenvalue weighted by Crippen LogP contribution is 2.27. The standard InChI is InChI=1S/C27H33N3O5S2/c1-6-35-24(31)16-30-23-13-17(2)12-20(5)25(23)36-27(30)28-26(32)21-7-9-22(10-8-21)37(33,34)29-14-18(3)11-19(4)15-29/h7-10,12-13,18-19H,6,11,14-16H2,1-5H3. The van der Waals surface area contributed by atoms with E-state index in [2.05, 4.69) is 18.8 Å². The zero-order valence-electron chi connectivity index (χ0n) is 21.9. The summed E-state index contributed by atoms with van der Waals surface area (Å²) in [6, 6.07) is 9.92. The summed E-state index contributed by atoms with van der Waals surface area (Å²) in [5, 5.41) is 0. The minimum absolute atomic E-state index is 0.0628. The highest BCUT2D eigenvalue weighted by atomic mass is 32.2. The molecule has 0 radical (unpaired) electrons. The number of nitrogens with zero attached hydrogens (tertiary/aromatic N) is 3. The lowest BCUT2D eigenvalue weighted by Crippen LogP contribution is -2.42. The van der Waals surface area contributed by atoms with Crippen molar-refractivity contribution in [2.24, 2.45) is 16.8 Å². The van der Waals surface area contributed by atoms with E-state index in [1.54, 1.807) is 11.5 Å². The number of rotatable bonds is 6. The van der Waals surface area contributed by atoms with Crippen LogP contribution in [0.5, 0.6) is 0 Å². The van der Waals surface area contributed by atoms with Crippen LogP contribution >= 0.6 is 11.3 Å². The Morgan fingerprint density at radius 1 is 1.08 bits per heavy atom. The lowest BCUT2D eigenvalue weighted by molar-refractivity contribution is -0.143. The average Bonchev–Trinajstić information content (AvgIpc) is 3.15. The van der Waals surface area contributed by atoms with Crippen molar-refractivity contribution >= 4 is 43.5 Å². The summed E-state index contributed by atoms with van der Waals surface area (Å²) in [6.45, 7) is 11.0. The van der Waals surface area contributed by atoms with E-state index in [0.29, 0.717) is 29.7 Å². The normalized spacial score (nSPS) is 19.3. The predicted molar refractivity (Wildman–Crippen MR) is 144 cm³/mol. The molecular weight excluding hydrogens is 510 g/mol. The maximum atomic E-state index is 13.2. The molecule has 3 aromatic rings. The lowest BCUT2D eigenvalue weighted by atomic mass is 9.94. The minimum Gasteiger partial charge on any atom is -0.465 e. The van der Waals surface area contributed by atoms with Gasteiger partial charge in [-0.25, -0.2) is 8.42 Å². The molecule has 2 atom stereocenters. The predicted octanol–water partition coefficient (Wildman–Crippen LogP) is 4.29. The molecule has 2 aromatic carbocycles. The Kier molecular flexibility index (Phi) is 8.01. The number of ether oxygens (including phenoxy) is 1. The molecule has 1 aliphatic rings. The van der Waals surface area contributed by atoms with Crippen molar-refractivity contribution in [3.05, 3.63) is 57.9 Å². The van der Waals surface area contributed by atoms with E-state index in [4.69, 9.17) is 4.74 Å². The summed E-state index contributed by atoms with van der Waals surface area (Å²) in [5.74, 6) is -0.324. The van der Waals surface area contributed by atoms with Crippen LogP contribution in [0, 0.1) is 25.7 Å². The van der Waals surface area contributed by atoms with Gasteiger partial charge in [-0.2, -0.15) is 9.30 Å². The molecule has 0 bridgehead atoms. The van der Waals surface area contributed by atoms with E-state index >= 15 is 0 Å². The zero-order valence-corrected chi connectivity index (χ0v) is 23.5. The first kappa shape index (κ1) is 27.2. The number of piperidine rings is 1. The molecule has 37 heavy (non-hydrogen) atoms. The summed E-state index contributed by atoms with van der Waals surface area (Å²) in [5.41, 5.74) is 3.15. The number of aryl methyl sites for hydroxylation is 2. The third-order valence-corrected chi connectivity index (χ3v) is 9.55. The topological polar surface area (TPSA) is 98.0 Å². The third-order valence-electron chi connectivity index (χ3n) is 6.48. The number of sulfonamides is 1. The van der Waals surface area contributed by atoms with Gasteiger partial charge in [-0.05, 0) is 80.5 Å². The molecule has 2 unspecified atom stereocenters. The number of fused-ring (bicyclic) bond motifs is 1. The van der Waals surface area contributed by atoms with Crippen molar-refractivity contribution in [2.75, 3.05) is 19.7 Å². The largest absolute Gasteiger partial charge is 0.465 e. The minimum atomic E-state index is -3.64. The van der Waals surface area contributed by atoms with Gasteiger partial charge in [-0.3, -0.25) is 9.59 Å². The van der Waals surface area contributed by atoms with Gasteiger partial charge < -0.3 is 9.30 Å². The summed E-state index contributed by atoms with van der Waals surface area (Å²) in [6.07, 6.45) is 1.01. The molecule has 1 saturated heterocycles. The molecule has 1 aromatic heterocycles. The first-order valence-corrected chi connectivity index (χ1v) is 14.7. The maximum absolute atomic E-state index is 13.2. The number of aromatic nitrogens is 1. The van der Waals surface area contributed by atoms with Crippen LogP contribution in [0.3, 0.4) is 0 Å². The van der Waals surface area contributed by atoms with Gasteiger partial charge >= 0.3 is 5.97 Å². The van der Waals surface area contributed by atoms with Gasteiger partial charge in [0.05, 0.1) is 21.7 Å². The van der Waals surface area contributed by atoms with Crippen molar-refractivity contribution in [1.82, 2.24) is 8.87 Å². The van der Waals surface area contributed by atoms with Crippen LogP contribution in [0.15, 0.2) is 46.3 Å². The van der Waals surface area contributed by atoms with E-state index in [9.17, 15) is 18.0 Å². The molecule has 1 fully saturated rings. The smallest absolute Gasteiger partial charge is 0.326 e. The molecule has 0 saturated carbocycles. The van der Waals surface area contributed by atoms with Gasteiger partial charge in [0, 0.05) is 18.7 Å². The second-order valence-electron chi connectivity index (χ2n) is 9.92.